The molecule has 1 aromatic carbocycles. The summed E-state index contributed by atoms with van der Waals surface area (Å²) in [5, 5.41) is 0. The molecule has 0 spiro atoms. The Kier molecular flexibility index (Phi) is 8.18. The van der Waals surface area contributed by atoms with E-state index >= 15 is 0 Å². The molecule has 114 valence electrons. The predicted molar refractivity (Wildman–Crippen MR) is 95.4 cm³/mol. The highest BCUT2D eigenvalue weighted by molar-refractivity contribution is 9.10. The van der Waals surface area contributed by atoms with Crippen LogP contribution in [-0.2, 0) is 0 Å². The number of hydrogen-bond donors (Lipinski definition) is 1. The lowest BCUT2D eigenvalue weighted by molar-refractivity contribution is 0.155. The summed E-state index contributed by atoms with van der Waals surface area (Å²) < 4.78 is 1.15. The Morgan fingerprint density at radius 2 is 2.00 bits per heavy atom. The van der Waals surface area contributed by atoms with Gasteiger partial charge in [0.2, 0.25) is 0 Å². The third-order valence-corrected chi connectivity index (χ3v) is 5.34. The molecule has 0 aliphatic carbocycles. The summed E-state index contributed by atoms with van der Waals surface area (Å²) in [6.07, 6.45) is 4.33. The summed E-state index contributed by atoms with van der Waals surface area (Å²) in [5.41, 5.74) is 7.71. The molecule has 0 fully saturated rings. The molecule has 0 aliphatic heterocycles. The molecule has 2 nitrogen and oxygen atoms in total. The van der Waals surface area contributed by atoms with Crippen molar-refractivity contribution in [2.24, 2.45) is 5.73 Å². The van der Waals surface area contributed by atoms with Crippen LogP contribution in [0.5, 0.6) is 0 Å². The Balaban J connectivity index is 2.98. The lowest BCUT2D eigenvalue weighted by atomic mass is 9.95. The van der Waals surface area contributed by atoms with Crippen LogP contribution in [0.4, 0.5) is 0 Å². The van der Waals surface area contributed by atoms with Crippen LogP contribution in [-0.4, -0.2) is 36.0 Å². The highest BCUT2D eigenvalue weighted by Crippen LogP contribution is 2.31. The Hall–Kier alpha value is -0.0300. The molecule has 1 aromatic rings. The van der Waals surface area contributed by atoms with Gasteiger partial charge in [0.1, 0.15) is 0 Å². The minimum atomic E-state index is 0.149. The van der Waals surface area contributed by atoms with Gasteiger partial charge in [-0.3, -0.25) is 4.90 Å². The van der Waals surface area contributed by atoms with Crippen LogP contribution in [0.3, 0.4) is 0 Å². The van der Waals surface area contributed by atoms with Crippen molar-refractivity contribution in [1.82, 2.24) is 4.90 Å². The first-order chi connectivity index (χ1) is 9.52. The van der Waals surface area contributed by atoms with Crippen LogP contribution in [0, 0.1) is 0 Å². The molecule has 0 saturated heterocycles. The Labute approximate surface area is 136 Å². The van der Waals surface area contributed by atoms with E-state index in [1.165, 1.54) is 17.7 Å². The fraction of sp³-hybridized carbons (Fsp3) is 0.625. The van der Waals surface area contributed by atoms with Crippen molar-refractivity contribution in [3.63, 3.8) is 0 Å². The zero-order chi connectivity index (χ0) is 15.1. The van der Waals surface area contributed by atoms with Gasteiger partial charge in [0.25, 0.3) is 0 Å². The fourth-order valence-corrected chi connectivity index (χ4v) is 3.55. The van der Waals surface area contributed by atoms with Crippen molar-refractivity contribution in [3.05, 3.63) is 34.3 Å². The van der Waals surface area contributed by atoms with Crippen LogP contribution >= 0.6 is 27.7 Å². The summed E-state index contributed by atoms with van der Waals surface area (Å²) in [5.74, 6) is 1.19. The number of rotatable bonds is 8. The highest BCUT2D eigenvalue weighted by Gasteiger charge is 2.27. The summed E-state index contributed by atoms with van der Waals surface area (Å²) in [6, 6.07) is 9.36. The molecule has 20 heavy (non-hydrogen) atoms. The molecule has 3 atom stereocenters. The first kappa shape index (κ1) is 18.0. The lowest BCUT2D eigenvalue weighted by Crippen LogP contribution is -2.43. The summed E-state index contributed by atoms with van der Waals surface area (Å²) >= 11 is 5.58. The summed E-state index contributed by atoms with van der Waals surface area (Å²) in [6.45, 7) is 4.46. The third kappa shape index (κ3) is 4.76. The number of thioether (sulfide) groups is 1. The smallest absolute Gasteiger partial charge is 0.0510 e. The van der Waals surface area contributed by atoms with Gasteiger partial charge in [-0.2, -0.15) is 11.8 Å². The normalized spacial score (nSPS) is 16.1. The van der Waals surface area contributed by atoms with Gasteiger partial charge < -0.3 is 5.73 Å². The predicted octanol–water partition coefficient (Wildman–Crippen LogP) is 4.30. The van der Waals surface area contributed by atoms with Crippen molar-refractivity contribution in [2.75, 3.05) is 19.1 Å². The van der Waals surface area contributed by atoms with Crippen LogP contribution in [0.2, 0.25) is 0 Å². The first-order valence-electron chi connectivity index (χ1n) is 7.23. The largest absolute Gasteiger partial charge is 0.326 e. The van der Waals surface area contributed by atoms with Crippen LogP contribution in [0.1, 0.15) is 38.3 Å². The van der Waals surface area contributed by atoms with Crippen molar-refractivity contribution in [1.29, 1.82) is 0 Å². The molecular weight excluding hydrogens is 332 g/mol. The Bertz CT molecular complexity index is 400. The second kappa shape index (κ2) is 9.08. The molecule has 4 heteroatoms. The standard InChI is InChI=1S/C16H27BrN2S/c1-5-15(18)16(13-8-6-7-9-14(13)17)19(3)12(2)10-11-20-4/h6-9,12,15-16H,5,10-11,18H2,1-4H3. The van der Waals surface area contributed by atoms with Gasteiger partial charge in [0.15, 0.2) is 0 Å². The number of nitrogens with two attached hydrogens (primary N) is 1. The minimum Gasteiger partial charge on any atom is -0.326 e. The van der Waals surface area contributed by atoms with Crippen LogP contribution in [0.15, 0.2) is 28.7 Å². The van der Waals surface area contributed by atoms with Crippen molar-refractivity contribution in [3.8, 4) is 0 Å². The van der Waals surface area contributed by atoms with Gasteiger partial charge in [0, 0.05) is 16.6 Å². The monoisotopic (exact) mass is 358 g/mol. The van der Waals surface area contributed by atoms with Crippen LogP contribution in [0.25, 0.3) is 0 Å². The molecule has 0 aliphatic rings. The van der Waals surface area contributed by atoms with E-state index in [-0.39, 0.29) is 12.1 Å². The number of hydrogen-bond acceptors (Lipinski definition) is 3. The van der Waals surface area contributed by atoms with E-state index in [1.54, 1.807) is 0 Å². The van der Waals surface area contributed by atoms with E-state index < -0.39 is 0 Å². The van der Waals surface area contributed by atoms with E-state index in [0.717, 1.165) is 10.9 Å². The molecule has 0 amide bonds. The maximum absolute atomic E-state index is 6.42. The van der Waals surface area contributed by atoms with Gasteiger partial charge in [-0.15, -0.1) is 0 Å². The molecule has 2 N–H and O–H groups in total. The van der Waals surface area contributed by atoms with Crippen molar-refractivity contribution < 1.29 is 0 Å². The fourth-order valence-electron chi connectivity index (χ4n) is 2.46. The van der Waals surface area contributed by atoms with Gasteiger partial charge >= 0.3 is 0 Å². The Morgan fingerprint density at radius 3 is 2.55 bits per heavy atom. The van der Waals surface area contributed by atoms with Gasteiger partial charge in [-0.1, -0.05) is 41.1 Å². The second-order valence-electron chi connectivity index (χ2n) is 5.33. The van der Waals surface area contributed by atoms with Gasteiger partial charge in [-0.05, 0) is 50.5 Å². The first-order valence-corrected chi connectivity index (χ1v) is 9.42. The molecule has 0 saturated carbocycles. The average Bonchev–Trinajstić information content (AvgIpc) is 2.46. The molecule has 0 heterocycles. The number of benzene rings is 1. The third-order valence-electron chi connectivity index (χ3n) is 3.97. The number of halogens is 1. The quantitative estimate of drug-likeness (QED) is 0.750. The van der Waals surface area contributed by atoms with E-state index in [1.807, 2.05) is 11.8 Å². The van der Waals surface area contributed by atoms with E-state index in [4.69, 9.17) is 5.73 Å². The van der Waals surface area contributed by atoms with E-state index in [0.29, 0.717) is 6.04 Å². The highest BCUT2D eigenvalue weighted by atomic mass is 79.9. The molecule has 1 rings (SSSR count). The van der Waals surface area contributed by atoms with Gasteiger partial charge in [-0.25, -0.2) is 0 Å². The maximum Gasteiger partial charge on any atom is 0.0510 e. The Morgan fingerprint density at radius 1 is 1.35 bits per heavy atom. The average molecular weight is 359 g/mol. The SMILES string of the molecule is CCC(N)C(c1ccccc1Br)N(C)C(C)CCSC. The molecule has 0 radical (unpaired) electrons. The minimum absolute atomic E-state index is 0.149. The maximum atomic E-state index is 6.42. The van der Waals surface area contributed by atoms with Crippen LogP contribution < -0.4 is 5.73 Å². The van der Waals surface area contributed by atoms with E-state index in [9.17, 15) is 0 Å². The molecule has 0 bridgehead atoms. The second-order valence-corrected chi connectivity index (χ2v) is 7.17. The van der Waals surface area contributed by atoms with Crippen molar-refractivity contribution >= 4 is 27.7 Å². The van der Waals surface area contributed by atoms with Gasteiger partial charge in [0.05, 0.1) is 6.04 Å². The lowest BCUT2D eigenvalue weighted by Gasteiger charge is -2.37. The molecular formula is C16H27BrN2S. The zero-order valence-corrected chi connectivity index (χ0v) is 15.4. The summed E-state index contributed by atoms with van der Waals surface area (Å²) in [4.78, 5) is 2.44. The molecule has 0 aromatic heterocycles. The van der Waals surface area contributed by atoms with Crippen molar-refractivity contribution in [2.45, 2.75) is 44.8 Å². The summed E-state index contributed by atoms with van der Waals surface area (Å²) in [7, 11) is 2.20. The number of nitrogens with zero attached hydrogens (tertiary/aromatic N) is 1. The zero-order valence-electron chi connectivity index (χ0n) is 13.0. The number of likely N-dealkylation sites (N-methyl/N-ethyl adjacent to an activating group) is 1. The molecule has 3 unspecified atom stereocenters. The topological polar surface area (TPSA) is 29.3 Å². The van der Waals surface area contributed by atoms with E-state index in [2.05, 4.69) is 72.2 Å².